The quantitative estimate of drug-likeness (QED) is 0.755. The molecule has 1 saturated heterocycles. The lowest BCUT2D eigenvalue weighted by molar-refractivity contribution is 0.0698. The number of aromatic carboxylic acids is 1. The van der Waals surface area contributed by atoms with Gasteiger partial charge in [-0.1, -0.05) is 22.9 Å². The minimum atomic E-state index is -1.09. The predicted octanol–water partition coefficient (Wildman–Crippen LogP) is 4.17. The number of carboxylic acid groups (broad SMARTS) is 1. The fourth-order valence-electron chi connectivity index (χ4n) is 2.63. The minimum Gasteiger partial charge on any atom is -0.478 e. The van der Waals surface area contributed by atoms with Crippen molar-refractivity contribution < 1.29 is 14.7 Å². The highest BCUT2D eigenvalue weighted by Crippen LogP contribution is 2.32. The Hall–Kier alpha value is -1.08. The molecule has 21 heavy (non-hydrogen) atoms. The van der Waals surface area contributed by atoms with E-state index in [2.05, 4.69) is 44.1 Å². The molecule has 0 radical (unpaired) electrons. The number of anilines is 1. The molecule has 1 fully saturated rings. The van der Waals surface area contributed by atoms with E-state index in [0.717, 1.165) is 6.42 Å². The van der Waals surface area contributed by atoms with Gasteiger partial charge in [-0.15, -0.1) is 0 Å². The molecule has 0 bridgehead atoms. The lowest BCUT2D eigenvalue weighted by Gasteiger charge is -2.23. The average molecular weight is 420 g/mol. The molecular formula is C14H16Br2N2O3. The monoisotopic (exact) mass is 418 g/mol. The molecule has 1 aliphatic heterocycles. The van der Waals surface area contributed by atoms with Gasteiger partial charge in [0.05, 0.1) is 11.3 Å². The van der Waals surface area contributed by atoms with Gasteiger partial charge in [0.1, 0.15) is 0 Å². The van der Waals surface area contributed by atoms with E-state index in [1.54, 1.807) is 11.0 Å². The van der Waals surface area contributed by atoms with E-state index < -0.39 is 5.97 Å². The Labute approximate surface area is 140 Å². The predicted molar refractivity (Wildman–Crippen MR) is 87.8 cm³/mol. The number of nitrogens with one attached hydrogen (secondary N) is 1. The highest BCUT2D eigenvalue weighted by Gasteiger charge is 2.30. The topological polar surface area (TPSA) is 69.6 Å². The number of rotatable bonds is 2. The van der Waals surface area contributed by atoms with Crippen molar-refractivity contribution in [3.8, 4) is 0 Å². The molecule has 0 aromatic heterocycles. The highest BCUT2D eigenvalue weighted by molar-refractivity contribution is 9.11. The Kier molecular flexibility index (Phi) is 4.93. The summed E-state index contributed by atoms with van der Waals surface area (Å²) in [5.41, 5.74) is 0.326. The van der Waals surface area contributed by atoms with Crippen LogP contribution in [0.5, 0.6) is 0 Å². The first-order valence-electron chi connectivity index (χ1n) is 6.59. The number of hydrogen-bond acceptors (Lipinski definition) is 2. The SMILES string of the molecule is CC1CC(C)N(C(=O)Nc2c(Br)cc(Br)cc2C(=O)O)C1. The van der Waals surface area contributed by atoms with Crippen molar-refractivity contribution >= 4 is 49.5 Å². The van der Waals surface area contributed by atoms with Crippen LogP contribution in [-0.4, -0.2) is 34.6 Å². The van der Waals surface area contributed by atoms with Gasteiger partial charge in [-0.2, -0.15) is 0 Å². The maximum absolute atomic E-state index is 12.4. The van der Waals surface area contributed by atoms with Gasteiger partial charge in [-0.05, 0) is 47.3 Å². The van der Waals surface area contributed by atoms with Crippen LogP contribution in [0.3, 0.4) is 0 Å². The molecule has 1 heterocycles. The number of benzene rings is 1. The van der Waals surface area contributed by atoms with Crippen LogP contribution in [-0.2, 0) is 0 Å². The van der Waals surface area contributed by atoms with Crippen molar-refractivity contribution in [1.29, 1.82) is 0 Å². The van der Waals surface area contributed by atoms with Gasteiger partial charge in [0, 0.05) is 21.5 Å². The van der Waals surface area contributed by atoms with Gasteiger partial charge >= 0.3 is 12.0 Å². The van der Waals surface area contributed by atoms with Gasteiger partial charge < -0.3 is 15.3 Å². The van der Waals surface area contributed by atoms with Crippen LogP contribution in [0.2, 0.25) is 0 Å². The van der Waals surface area contributed by atoms with E-state index in [1.807, 2.05) is 6.92 Å². The maximum Gasteiger partial charge on any atom is 0.337 e. The lowest BCUT2D eigenvalue weighted by Crippen LogP contribution is -2.37. The highest BCUT2D eigenvalue weighted by atomic mass is 79.9. The second kappa shape index (κ2) is 6.36. The largest absolute Gasteiger partial charge is 0.478 e. The first-order valence-corrected chi connectivity index (χ1v) is 8.18. The first kappa shape index (κ1) is 16.3. The Balaban J connectivity index is 2.27. The molecule has 2 atom stereocenters. The second-order valence-corrected chi connectivity index (χ2v) is 7.16. The summed E-state index contributed by atoms with van der Waals surface area (Å²) in [5.74, 6) is -0.631. The third kappa shape index (κ3) is 3.58. The molecule has 0 spiro atoms. The van der Waals surface area contributed by atoms with Gasteiger partial charge in [0.2, 0.25) is 0 Å². The van der Waals surface area contributed by atoms with Crippen molar-refractivity contribution in [3.05, 3.63) is 26.6 Å². The van der Waals surface area contributed by atoms with Gasteiger partial charge in [0.15, 0.2) is 0 Å². The summed E-state index contributed by atoms with van der Waals surface area (Å²) in [4.78, 5) is 25.5. The number of urea groups is 1. The van der Waals surface area contributed by atoms with Gasteiger partial charge in [-0.25, -0.2) is 9.59 Å². The molecule has 1 aromatic rings. The fraction of sp³-hybridized carbons (Fsp3) is 0.429. The van der Waals surface area contributed by atoms with Crippen LogP contribution in [0.15, 0.2) is 21.1 Å². The number of likely N-dealkylation sites (tertiary alicyclic amines) is 1. The van der Waals surface area contributed by atoms with E-state index >= 15 is 0 Å². The molecular weight excluding hydrogens is 404 g/mol. The van der Waals surface area contributed by atoms with Gasteiger partial charge in [-0.3, -0.25) is 0 Å². The third-order valence-electron chi connectivity index (χ3n) is 3.56. The molecule has 2 amide bonds. The summed E-state index contributed by atoms with van der Waals surface area (Å²) in [6.45, 7) is 4.78. The summed E-state index contributed by atoms with van der Waals surface area (Å²) in [6, 6.07) is 3.07. The maximum atomic E-state index is 12.4. The standard InChI is InChI=1S/C14H16Br2N2O3/c1-7-3-8(2)18(6-7)14(21)17-12-10(13(19)20)4-9(15)5-11(12)16/h4-5,7-8H,3,6H2,1-2H3,(H,17,21)(H,19,20). The Bertz CT molecular complexity index is 592. The Morgan fingerprint density at radius 2 is 2.00 bits per heavy atom. The summed E-state index contributed by atoms with van der Waals surface area (Å²) in [6.07, 6.45) is 0.959. The molecule has 7 heteroatoms. The molecule has 2 unspecified atom stereocenters. The third-order valence-corrected chi connectivity index (χ3v) is 4.65. The molecule has 5 nitrogen and oxygen atoms in total. The van der Waals surface area contributed by atoms with Crippen molar-refractivity contribution in [2.24, 2.45) is 5.92 Å². The number of hydrogen-bond donors (Lipinski definition) is 2. The Morgan fingerprint density at radius 1 is 1.33 bits per heavy atom. The van der Waals surface area contributed by atoms with E-state index in [0.29, 0.717) is 21.4 Å². The zero-order valence-electron chi connectivity index (χ0n) is 11.7. The van der Waals surface area contributed by atoms with E-state index in [1.165, 1.54) is 6.07 Å². The average Bonchev–Trinajstić information content (AvgIpc) is 2.71. The van der Waals surface area contributed by atoms with Crippen molar-refractivity contribution in [2.75, 3.05) is 11.9 Å². The summed E-state index contributed by atoms with van der Waals surface area (Å²) in [5, 5.41) is 12.0. The molecule has 1 aliphatic rings. The smallest absolute Gasteiger partial charge is 0.337 e. The van der Waals surface area contributed by atoms with Crippen LogP contribution in [0.4, 0.5) is 10.5 Å². The number of halogens is 2. The van der Waals surface area contributed by atoms with E-state index in [4.69, 9.17) is 0 Å². The molecule has 114 valence electrons. The molecule has 2 N–H and O–H groups in total. The van der Waals surface area contributed by atoms with E-state index in [-0.39, 0.29) is 23.3 Å². The second-order valence-electron chi connectivity index (χ2n) is 5.39. The zero-order valence-corrected chi connectivity index (χ0v) is 14.9. The van der Waals surface area contributed by atoms with Crippen molar-refractivity contribution in [1.82, 2.24) is 4.90 Å². The van der Waals surface area contributed by atoms with Crippen LogP contribution < -0.4 is 5.32 Å². The number of nitrogens with zero attached hydrogens (tertiary/aromatic N) is 1. The van der Waals surface area contributed by atoms with Gasteiger partial charge in [0.25, 0.3) is 0 Å². The van der Waals surface area contributed by atoms with Crippen LogP contribution in [0, 0.1) is 5.92 Å². The van der Waals surface area contributed by atoms with Crippen LogP contribution >= 0.6 is 31.9 Å². The van der Waals surface area contributed by atoms with Crippen LogP contribution in [0.25, 0.3) is 0 Å². The van der Waals surface area contributed by atoms with E-state index in [9.17, 15) is 14.7 Å². The minimum absolute atomic E-state index is 0.0458. The Morgan fingerprint density at radius 3 is 2.52 bits per heavy atom. The molecule has 0 saturated carbocycles. The number of carboxylic acids is 1. The molecule has 2 rings (SSSR count). The number of amides is 2. The van der Waals surface area contributed by atoms with Crippen molar-refractivity contribution in [2.45, 2.75) is 26.3 Å². The fourth-order valence-corrected chi connectivity index (χ4v) is 3.96. The number of carbonyl (C=O) groups excluding carboxylic acids is 1. The molecule has 1 aromatic carbocycles. The van der Waals surface area contributed by atoms with Crippen molar-refractivity contribution in [3.63, 3.8) is 0 Å². The normalized spacial score (nSPS) is 21.4. The van der Waals surface area contributed by atoms with Crippen LogP contribution in [0.1, 0.15) is 30.6 Å². The summed E-state index contributed by atoms with van der Waals surface area (Å²) in [7, 11) is 0. The lowest BCUT2D eigenvalue weighted by atomic mass is 10.1. The summed E-state index contributed by atoms with van der Waals surface area (Å²) >= 11 is 6.55. The molecule has 0 aliphatic carbocycles. The first-order chi connectivity index (χ1) is 9.79. The number of carbonyl (C=O) groups is 2. The summed E-state index contributed by atoms with van der Waals surface area (Å²) < 4.78 is 1.16. The zero-order chi connectivity index (χ0) is 15.7.